The zero-order chi connectivity index (χ0) is 17.0. The van der Waals surface area contributed by atoms with E-state index in [-0.39, 0.29) is 5.91 Å². The van der Waals surface area contributed by atoms with Crippen molar-refractivity contribution < 1.29 is 4.79 Å². The molecule has 5 nitrogen and oxygen atoms in total. The van der Waals surface area contributed by atoms with Crippen LogP contribution in [0.3, 0.4) is 0 Å². The number of carbonyl (C=O) groups is 1. The highest BCUT2D eigenvalue weighted by Crippen LogP contribution is 2.26. The molecule has 0 spiro atoms. The van der Waals surface area contributed by atoms with Crippen LogP contribution in [0.15, 0.2) is 6.07 Å². The second-order valence-electron chi connectivity index (χ2n) is 7.07. The molecule has 1 aliphatic rings. The molecule has 0 saturated carbocycles. The Balaban J connectivity index is 2.09. The van der Waals surface area contributed by atoms with Crippen molar-refractivity contribution in [3.8, 4) is 0 Å². The highest BCUT2D eigenvalue weighted by atomic mass is 16.2. The van der Waals surface area contributed by atoms with E-state index in [0.717, 1.165) is 30.2 Å². The zero-order valence-corrected chi connectivity index (χ0v) is 15.2. The predicted octanol–water partition coefficient (Wildman–Crippen LogP) is 2.39. The van der Waals surface area contributed by atoms with Crippen LogP contribution in [0.4, 0.5) is 0 Å². The third kappa shape index (κ3) is 4.99. The molecular weight excluding hydrogens is 288 g/mol. The van der Waals surface area contributed by atoms with E-state index < -0.39 is 0 Å². The van der Waals surface area contributed by atoms with Crippen molar-refractivity contribution in [2.45, 2.75) is 58.4 Å². The normalized spacial score (nSPS) is 19.1. The Morgan fingerprint density at radius 2 is 2.13 bits per heavy atom. The molecule has 0 radical (unpaired) electrons. The molecule has 1 aliphatic heterocycles. The van der Waals surface area contributed by atoms with Crippen LogP contribution in [-0.2, 0) is 11.2 Å². The minimum absolute atomic E-state index is 0.145. The summed E-state index contributed by atoms with van der Waals surface area (Å²) in [6.45, 7) is 8.72. The first-order valence-corrected chi connectivity index (χ1v) is 8.65. The van der Waals surface area contributed by atoms with E-state index in [9.17, 15) is 4.79 Å². The SMILES string of the molecule is Cc1cc(CCC(=O)N(C)C)nc([C@H]2CCCN(C(C)C)C2)n1. The fourth-order valence-electron chi connectivity index (χ4n) is 3.11. The summed E-state index contributed by atoms with van der Waals surface area (Å²) in [6, 6.07) is 2.58. The Labute approximate surface area is 140 Å². The lowest BCUT2D eigenvalue weighted by Gasteiger charge is -2.34. The Kier molecular flexibility index (Phi) is 6.10. The maximum Gasteiger partial charge on any atom is 0.222 e. The quantitative estimate of drug-likeness (QED) is 0.836. The average Bonchev–Trinajstić information content (AvgIpc) is 2.52. The van der Waals surface area contributed by atoms with E-state index in [1.165, 1.54) is 13.0 Å². The van der Waals surface area contributed by atoms with Crippen LogP contribution >= 0.6 is 0 Å². The van der Waals surface area contributed by atoms with Crippen LogP contribution in [0.5, 0.6) is 0 Å². The van der Waals surface area contributed by atoms with Gasteiger partial charge in [0.05, 0.1) is 0 Å². The monoisotopic (exact) mass is 318 g/mol. The largest absolute Gasteiger partial charge is 0.349 e. The molecule has 0 unspecified atom stereocenters. The second kappa shape index (κ2) is 7.86. The molecule has 128 valence electrons. The van der Waals surface area contributed by atoms with Crippen LogP contribution in [0, 0.1) is 6.92 Å². The third-order valence-electron chi connectivity index (χ3n) is 4.57. The number of hydrogen-bond donors (Lipinski definition) is 0. The van der Waals surface area contributed by atoms with Crippen molar-refractivity contribution in [3.63, 3.8) is 0 Å². The molecule has 1 saturated heterocycles. The van der Waals surface area contributed by atoms with E-state index in [0.29, 0.717) is 24.8 Å². The highest BCUT2D eigenvalue weighted by molar-refractivity contribution is 5.75. The fourth-order valence-corrected chi connectivity index (χ4v) is 3.11. The molecule has 0 bridgehead atoms. The minimum Gasteiger partial charge on any atom is -0.349 e. The minimum atomic E-state index is 0.145. The zero-order valence-electron chi connectivity index (χ0n) is 15.2. The second-order valence-corrected chi connectivity index (χ2v) is 7.07. The standard InChI is InChI=1S/C18H30N4O/c1-13(2)22-10-6-7-15(12-22)18-19-14(3)11-16(20-18)8-9-17(23)21(4)5/h11,13,15H,6-10,12H2,1-5H3/t15-/m0/s1. The smallest absolute Gasteiger partial charge is 0.222 e. The first-order valence-electron chi connectivity index (χ1n) is 8.65. The number of aromatic nitrogens is 2. The molecule has 1 atom stereocenters. The lowest BCUT2D eigenvalue weighted by atomic mass is 9.96. The number of piperidine rings is 1. The summed E-state index contributed by atoms with van der Waals surface area (Å²) in [7, 11) is 3.59. The summed E-state index contributed by atoms with van der Waals surface area (Å²) in [5.74, 6) is 1.52. The number of amides is 1. The van der Waals surface area contributed by atoms with Gasteiger partial charge in [-0.05, 0) is 52.6 Å². The van der Waals surface area contributed by atoms with Gasteiger partial charge in [0.2, 0.25) is 5.91 Å². The predicted molar refractivity (Wildman–Crippen MR) is 92.5 cm³/mol. The molecule has 23 heavy (non-hydrogen) atoms. The van der Waals surface area contributed by atoms with Crippen LogP contribution in [0.1, 0.15) is 56.2 Å². The maximum atomic E-state index is 11.8. The number of rotatable bonds is 5. The molecule has 2 rings (SSSR count). The van der Waals surface area contributed by atoms with Crippen LogP contribution in [0.2, 0.25) is 0 Å². The van der Waals surface area contributed by atoms with Crippen LogP contribution in [0.25, 0.3) is 0 Å². The summed E-state index contributed by atoms with van der Waals surface area (Å²) in [5.41, 5.74) is 1.99. The summed E-state index contributed by atoms with van der Waals surface area (Å²) in [5, 5.41) is 0. The van der Waals surface area contributed by atoms with E-state index in [2.05, 4.69) is 23.7 Å². The van der Waals surface area contributed by atoms with E-state index in [4.69, 9.17) is 4.98 Å². The van der Waals surface area contributed by atoms with Gasteiger partial charge in [-0.3, -0.25) is 4.79 Å². The van der Waals surface area contributed by atoms with Crippen LogP contribution in [-0.4, -0.2) is 58.9 Å². The lowest BCUT2D eigenvalue weighted by molar-refractivity contribution is -0.128. The molecule has 0 aliphatic carbocycles. The molecule has 0 N–H and O–H groups in total. The molecular formula is C18H30N4O. The van der Waals surface area contributed by atoms with E-state index in [1.54, 1.807) is 19.0 Å². The molecule has 2 heterocycles. The number of aryl methyl sites for hydroxylation is 2. The van der Waals surface area contributed by atoms with Crippen molar-refractivity contribution in [1.29, 1.82) is 0 Å². The summed E-state index contributed by atoms with van der Waals surface area (Å²) < 4.78 is 0. The highest BCUT2D eigenvalue weighted by Gasteiger charge is 2.25. The average molecular weight is 318 g/mol. The van der Waals surface area contributed by atoms with Gasteiger partial charge >= 0.3 is 0 Å². The van der Waals surface area contributed by atoms with E-state index >= 15 is 0 Å². The molecule has 1 aromatic rings. The molecule has 1 aromatic heterocycles. The Bertz CT molecular complexity index is 542. The Morgan fingerprint density at radius 1 is 1.39 bits per heavy atom. The molecule has 1 fully saturated rings. The van der Waals surface area contributed by atoms with E-state index in [1.807, 2.05) is 13.0 Å². The van der Waals surface area contributed by atoms with Gasteiger partial charge in [-0.25, -0.2) is 9.97 Å². The van der Waals surface area contributed by atoms with Crippen molar-refractivity contribution in [1.82, 2.24) is 19.8 Å². The van der Waals surface area contributed by atoms with Crippen molar-refractivity contribution >= 4 is 5.91 Å². The van der Waals surface area contributed by atoms with Gasteiger partial charge in [0.1, 0.15) is 5.82 Å². The summed E-state index contributed by atoms with van der Waals surface area (Å²) in [6.07, 6.45) is 3.55. The van der Waals surface area contributed by atoms with Gasteiger partial charge in [0, 0.05) is 50.4 Å². The molecule has 0 aromatic carbocycles. The lowest BCUT2D eigenvalue weighted by Crippen LogP contribution is -2.39. The maximum absolute atomic E-state index is 11.8. The van der Waals surface area contributed by atoms with Gasteiger partial charge in [0.15, 0.2) is 0 Å². The first kappa shape index (κ1) is 17.9. The van der Waals surface area contributed by atoms with Gasteiger partial charge in [-0.2, -0.15) is 0 Å². The third-order valence-corrected chi connectivity index (χ3v) is 4.57. The van der Waals surface area contributed by atoms with Crippen molar-refractivity contribution in [2.75, 3.05) is 27.2 Å². The van der Waals surface area contributed by atoms with Gasteiger partial charge in [-0.1, -0.05) is 0 Å². The Hall–Kier alpha value is -1.49. The molecule has 5 heteroatoms. The number of likely N-dealkylation sites (tertiary alicyclic amines) is 1. The van der Waals surface area contributed by atoms with Gasteiger partial charge in [-0.15, -0.1) is 0 Å². The fraction of sp³-hybridized carbons (Fsp3) is 0.722. The summed E-state index contributed by atoms with van der Waals surface area (Å²) in [4.78, 5) is 25.4. The van der Waals surface area contributed by atoms with Gasteiger partial charge in [0.25, 0.3) is 0 Å². The Morgan fingerprint density at radius 3 is 2.78 bits per heavy atom. The van der Waals surface area contributed by atoms with Gasteiger partial charge < -0.3 is 9.80 Å². The summed E-state index contributed by atoms with van der Waals surface area (Å²) >= 11 is 0. The van der Waals surface area contributed by atoms with Crippen molar-refractivity contribution in [2.24, 2.45) is 0 Å². The van der Waals surface area contributed by atoms with Crippen molar-refractivity contribution in [3.05, 3.63) is 23.3 Å². The topological polar surface area (TPSA) is 49.3 Å². The number of nitrogens with zero attached hydrogens (tertiary/aromatic N) is 4. The first-order chi connectivity index (χ1) is 10.9. The molecule has 1 amide bonds. The number of carbonyl (C=O) groups excluding carboxylic acids is 1. The number of hydrogen-bond acceptors (Lipinski definition) is 4. The van der Waals surface area contributed by atoms with Crippen LogP contribution < -0.4 is 0 Å².